The quantitative estimate of drug-likeness (QED) is 0.513. The number of amides is 2. The van der Waals surface area contributed by atoms with Crippen LogP contribution in [0.5, 0.6) is 0 Å². The highest BCUT2D eigenvalue weighted by molar-refractivity contribution is 8.04. The van der Waals surface area contributed by atoms with Crippen molar-refractivity contribution in [3.63, 3.8) is 0 Å². The van der Waals surface area contributed by atoms with E-state index in [1.807, 2.05) is 94.4 Å². The molecule has 0 saturated carbocycles. The minimum absolute atomic E-state index is 0.307. The first-order chi connectivity index (χ1) is 14.8. The topological polar surface area (TPSA) is 49.4 Å². The summed E-state index contributed by atoms with van der Waals surface area (Å²) in [5, 5.41) is 3.28. The molecule has 0 spiro atoms. The fraction of sp³-hybridized carbons (Fsp3) is 0.154. The molecule has 5 heteroatoms. The molecule has 3 aromatic rings. The second kappa shape index (κ2) is 8.44. The Morgan fingerprint density at radius 2 is 1.42 bits per heavy atom. The summed E-state index contributed by atoms with van der Waals surface area (Å²) in [6.45, 7) is 7.90. The molecule has 1 N–H and O–H groups in total. The monoisotopic (exact) mass is 428 g/mol. The molecule has 1 heterocycles. The first-order valence-corrected chi connectivity index (χ1v) is 10.9. The highest BCUT2D eigenvalue weighted by Crippen LogP contribution is 2.39. The molecule has 0 bridgehead atoms. The van der Waals surface area contributed by atoms with Crippen molar-refractivity contribution in [3.05, 3.63) is 99.6 Å². The molecular formula is C26H24N2O2S. The molecule has 4 rings (SSSR count). The molecule has 0 aliphatic carbocycles. The van der Waals surface area contributed by atoms with Crippen molar-refractivity contribution >= 4 is 35.0 Å². The van der Waals surface area contributed by atoms with Crippen LogP contribution in [0.1, 0.15) is 22.3 Å². The number of hydrogen-bond donors (Lipinski definition) is 1. The normalized spacial score (nSPS) is 13.9. The highest BCUT2D eigenvalue weighted by Gasteiger charge is 2.40. The average molecular weight is 429 g/mol. The zero-order valence-corrected chi connectivity index (χ0v) is 18.8. The Kier molecular flexibility index (Phi) is 5.70. The molecule has 1 aliphatic rings. The van der Waals surface area contributed by atoms with Crippen molar-refractivity contribution < 1.29 is 9.59 Å². The summed E-state index contributed by atoms with van der Waals surface area (Å²) in [6.07, 6.45) is 0. The number of anilines is 2. The lowest BCUT2D eigenvalue weighted by atomic mass is 10.1. The summed E-state index contributed by atoms with van der Waals surface area (Å²) in [7, 11) is 0. The van der Waals surface area contributed by atoms with Gasteiger partial charge in [0, 0.05) is 10.6 Å². The number of carbonyl (C=O) groups excluding carboxylic acids is 2. The van der Waals surface area contributed by atoms with Crippen molar-refractivity contribution in [2.75, 3.05) is 10.2 Å². The standard InChI is InChI=1S/C26H24N2O2S/c1-16-11-13-22(19(4)14-16)28-25(29)23(27-21-15-17(2)10-12-18(21)3)24(26(28)30)31-20-8-6-5-7-9-20/h5-15,27H,1-4H3. The number of benzene rings is 3. The molecule has 0 saturated heterocycles. The summed E-state index contributed by atoms with van der Waals surface area (Å²) >= 11 is 1.31. The van der Waals surface area contributed by atoms with E-state index in [1.54, 1.807) is 0 Å². The minimum atomic E-state index is -0.337. The Labute approximate surface area is 187 Å². The summed E-state index contributed by atoms with van der Waals surface area (Å²) in [4.78, 5) is 29.6. The average Bonchev–Trinajstić information content (AvgIpc) is 2.96. The van der Waals surface area contributed by atoms with E-state index in [9.17, 15) is 9.59 Å². The third-order valence-electron chi connectivity index (χ3n) is 5.25. The lowest BCUT2D eigenvalue weighted by molar-refractivity contribution is -0.120. The SMILES string of the molecule is Cc1ccc(N2C(=O)C(Nc3cc(C)ccc3C)=C(Sc3ccccc3)C2=O)c(C)c1. The number of imide groups is 1. The maximum Gasteiger partial charge on any atom is 0.283 e. The second-order valence-electron chi connectivity index (χ2n) is 7.80. The van der Waals surface area contributed by atoms with Crippen molar-refractivity contribution in [1.82, 2.24) is 0 Å². The van der Waals surface area contributed by atoms with Crippen molar-refractivity contribution in [1.29, 1.82) is 0 Å². The third-order valence-corrected chi connectivity index (χ3v) is 6.34. The first-order valence-electron chi connectivity index (χ1n) is 10.1. The Bertz CT molecular complexity index is 1220. The number of thioether (sulfide) groups is 1. The molecule has 0 radical (unpaired) electrons. The van der Waals surface area contributed by atoms with Gasteiger partial charge >= 0.3 is 0 Å². The minimum Gasteiger partial charge on any atom is -0.350 e. The van der Waals surface area contributed by atoms with E-state index in [1.165, 1.54) is 16.7 Å². The van der Waals surface area contributed by atoms with Crippen molar-refractivity contribution in [3.8, 4) is 0 Å². The maximum absolute atomic E-state index is 13.5. The van der Waals surface area contributed by atoms with E-state index in [0.29, 0.717) is 16.3 Å². The number of hydrogen-bond acceptors (Lipinski definition) is 4. The van der Waals surface area contributed by atoms with E-state index < -0.39 is 0 Å². The number of nitrogens with zero attached hydrogens (tertiary/aromatic N) is 1. The Morgan fingerprint density at radius 3 is 2.13 bits per heavy atom. The van der Waals surface area contributed by atoms with Crippen LogP contribution in [-0.4, -0.2) is 11.8 Å². The molecule has 0 aromatic heterocycles. The third kappa shape index (κ3) is 4.14. The van der Waals surface area contributed by atoms with Gasteiger partial charge in [0.2, 0.25) is 0 Å². The van der Waals surface area contributed by atoms with Crippen LogP contribution in [0.2, 0.25) is 0 Å². The van der Waals surface area contributed by atoms with Gasteiger partial charge in [-0.1, -0.05) is 59.8 Å². The van der Waals surface area contributed by atoms with E-state index in [-0.39, 0.29) is 11.8 Å². The van der Waals surface area contributed by atoms with Crippen LogP contribution in [0, 0.1) is 27.7 Å². The van der Waals surface area contributed by atoms with Gasteiger partial charge in [0.05, 0.1) is 5.69 Å². The number of carbonyl (C=O) groups is 2. The van der Waals surface area contributed by atoms with E-state index in [0.717, 1.165) is 32.8 Å². The number of nitrogens with one attached hydrogen (secondary N) is 1. The molecule has 2 amide bonds. The van der Waals surface area contributed by atoms with Gasteiger partial charge in [-0.05, 0) is 68.7 Å². The number of rotatable bonds is 5. The molecule has 0 unspecified atom stereocenters. The lowest BCUT2D eigenvalue weighted by Crippen LogP contribution is -2.33. The fourth-order valence-corrected chi connectivity index (χ4v) is 4.55. The van der Waals surface area contributed by atoms with Crippen LogP contribution >= 0.6 is 11.8 Å². The van der Waals surface area contributed by atoms with Crippen molar-refractivity contribution in [2.24, 2.45) is 0 Å². The van der Waals surface area contributed by atoms with Gasteiger partial charge in [-0.3, -0.25) is 9.59 Å². The highest BCUT2D eigenvalue weighted by atomic mass is 32.2. The smallest absolute Gasteiger partial charge is 0.283 e. The Balaban J connectivity index is 1.79. The predicted molar refractivity (Wildman–Crippen MR) is 127 cm³/mol. The lowest BCUT2D eigenvalue weighted by Gasteiger charge is -2.18. The first kappa shape index (κ1) is 20.9. The summed E-state index contributed by atoms with van der Waals surface area (Å²) in [5.41, 5.74) is 5.81. The predicted octanol–water partition coefficient (Wildman–Crippen LogP) is 5.91. The van der Waals surface area contributed by atoms with Gasteiger partial charge < -0.3 is 5.32 Å². The zero-order chi connectivity index (χ0) is 22.1. The largest absolute Gasteiger partial charge is 0.350 e. The zero-order valence-electron chi connectivity index (χ0n) is 18.0. The van der Waals surface area contributed by atoms with Gasteiger partial charge in [-0.2, -0.15) is 0 Å². The molecule has 4 nitrogen and oxygen atoms in total. The van der Waals surface area contributed by atoms with Crippen molar-refractivity contribution in [2.45, 2.75) is 32.6 Å². The van der Waals surface area contributed by atoms with E-state index in [4.69, 9.17) is 0 Å². The van der Waals surface area contributed by atoms with Crippen LogP contribution in [0.15, 0.2) is 82.2 Å². The van der Waals surface area contributed by atoms with E-state index in [2.05, 4.69) is 5.32 Å². The van der Waals surface area contributed by atoms with Gasteiger partial charge in [0.25, 0.3) is 11.8 Å². The maximum atomic E-state index is 13.5. The molecule has 156 valence electrons. The summed E-state index contributed by atoms with van der Waals surface area (Å²) < 4.78 is 0. The van der Waals surface area contributed by atoms with Gasteiger partial charge in [0.1, 0.15) is 10.6 Å². The summed E-state index contributed by atoms with van der Waals surface area (Å²) in [5.74, 6) is -0.644. The van der Waals surface area contributed by atoms with Crippen LogP contribution in [0.25, 0.3) is 0 Å². The molecule has 31 heavy (non-hydrogen) atoms. The molecule has 1 aliphatic heterocycles. The molecule has 0 fully saturated rings. The molecular weight excluding hydrogens is 404 g/mol. The summed E-state index contributed by atoms with van der Waals surface area (Å²) in [6, 6.07) is 21.4. The van der Waals surface area contributed by atoms with Crippen LogP contribution in [-0.2, 0) is 9.59 Å². The van der Waals surface area contributed by atoms with Gasteiger partial charge in [0.15, 0.2) is 0 Å². The van der Waals surface area contributed by atoms with Crippen LogP contribution in [0.3, 0.4) is 0 Å². The van der Waals surface area contributed by atoms with Gasteiger partial charge in [-0.15, -0.1) is 0 Å². The van der Waals surface area contributed by atoms with Gasteiger partial charge in [-0.25, -0.2) is 4.90 Å². The van der Waals surface area contributed by atoms with Crippen LogP contribution < -0.4 is 10.2 Å². The fourth-order valence-electron chi connectivity index (χ4n) is 3.60. The molecule has 0 atom stereocenters. The molecule has 3 aromatic carbocycles. The second-order valence-corrected chi connectivity index (χ2v) is 8.88. The number of aryl methyl sites for hydroxylation is 4. The van der Waals surface area contributed by atoms with Crippen LogP contribution in [0.4, 0.5) is 11.4 Å². The van der Waals surface area contributed by atoms with E-state index >= 15 is 0 Å². The Hall–Kier alpha value is -3.31. The Morgan fingerprint density at radius 1 is 0.742 bits per heavy atom.